The van der Waals surface area contributed by atoms with Crippen LogP contribution in [0.1, 0.15) is 50.2 Å². The van der Waals surface area contributed by atoms with Crippen LogP contribution in [-0.4, -0.2) is 35.1 Å². The van der Waals surface area contributed by atoms with Gasteiger partial charge in [-0.25, -0.2) is 0 Å². The molecule has 120 valence electrons. The van der Waals surface area contributed by atoms with E-state index in [2.05, 4.69) is 31.2 Å². The number of amides is 1. The fourth-order valence-electron chi connectivity index (χ4n) is 4.22. The van der Waals surface area contributed by atoms with Crippen molar-refractivity contribution in [1.29, 1.82) is 0 Å². The van der Waals surface area contributed by atoms with E-state index in [4.69, 9.17) is 0 Å². The van der Waals surface area contributed by atoms with E-state index in [0.29, 0.717) is 12.5 Å². The first-order valence-corrected chi connectivity index (χ1v) is 8.57. The van der Waals surface area contributed by atoms with Gasteiger partial charge >= 0.3 is 0 Å². The number of nitrogens with zero attached hydrogens (tertiary/aromatic N) is 1. The van der Waals surface area contributed by atoms with Crippen LogP contribution in [0.5, 0.6) is 0 Å². The molecule has 1 saturated carbocycles. The third-order valence-electron chi connectivity index (χ3n) is 5.63. The van der Waals surface area contributed by atoms with E-state index in [9.17, 15) is 9.90 Å². The largest absolute Gasteiger partial charge is 0.393 e. The molecule has 2 fully saturated rings. The Morgan fingerprint density at radius 2 is 2.09 bits per heavy atom. The fourth-order valence-corrected chi connectivity index (χ4v) is 4.22. The van der Waals surface area contributed by atoms with Crippen molar-refractivity contribution < 1.29 is 9.90 Å². The lowest BCUT2D eigenvalue weighted by atomic mass is 9.77. The second-order valence-corrected chi connectivity index (χ2v) is 7.20. The number of hydrogen-bond acceptors (Lipinski definition) is 2. The molecule has 2 unspecified atom stereocenters. The van der Waals surface area contributed by atoms with Gasteiger partial charge in [0.2, 0.25) is 5.91 Å². The summed E-state index contributed by atoms with van der Waals surface area (Å²) in [5, 5.41) is 9.80. The van der Waals surface area contributed by atoms with Crippen molar-refractivity contribution in [2.75, 3.05) is 13.1 Å². The summed E-state index contributed by atoms with van der Waals surface area (Å²) in [5.74, 6) is 0.527. The van der Waals surface area contributed by atoms with Gasteiger partial charge in [-0.05, 0) is 38.7 Å². The SMILES string of the molecule is Cc1cccc(C2(C(=O)N3CCC(C(C)O)C3)CCCC2)c1. The average molecular weight is 301 g/mol. The van der Waals surface area contributed by atoms with E-state index in [1.165, 1.54) is 11.1 Å². The Hall–Kier alpha value is -1.35. The molecule has 3 nitrogen and oxygen atoms in total. The van der Waals surface area contributed by atoms with Crippen LogP contribution in [-0.2, 0) is 10.2 Å². The van der Waals surface area contributed by atoms with Crippen molar-refractivity contribution in [2.45, 2.75) is 57.5 Å². The third-order valence-corrected chi connectivity index (χ3v) is 5.63. The van der Waals surface area contributed by atoms with Crippen molar-refractivity contribution >= 4 is 5.91 Å². The Bertz CT molecular complexity index is 546. The zero-order valence-electron chi connectivity index (χ0n) is 13.7. The highest BCUT2D eigenvalue weighted by Gasteiger charge is 2.46. The zero-order chi connectivity index (χ0) is 15.7. The summed E-state index contributed by atoms with van der Waals surface area (Å²) in [6.45, 7) is 5.44. The van der Waals surface area contributed by atoms with Gasteiger partial charge in [-0.1, -0.05) is 42.7 Å². The van der Waals surface area contributed by atoms with E-state index < -0.39 is 0 Å². The Morgan fingerprint density at radius 3 is 2.68 bits per heavy atom. The van der Waals surface area contributed by atoms with Crippen LogP contribution < -0.4 is 0 Å². The first-order valence-electron chi connectivity index (χ1n) is 8.57. The van der Waals surface area contributed by atoms with Gasteiger partial charge in [0, 0.05) is 19.0 Å². The van der Waals surface area contributed by atoms with Crippen molar-refractivity contribution in [2.24, 2.45) is 5.92 Å². The number of aryl methyl sites for hydroxylation is 1. The Labute approximate surface area is 133 Å². The maximum atomic E-state index is 13.3. The highest BCUT2D eigenvalue weighted by Crippen LogP contribution is 2.43. The standard InChI is InChI=1S/C19H27NO2/c1-14-6-5-7-17(12-14)19(9-3-4-10-19)18(22)20-11-8-16(13-20)15(2)21/h5-7,12,15-16,21H,3-4,8-11,13H2,1-2H3. The van der Waals surface area contributed by atoms with Crippen LogP contribution in [0.15, 0.2) is 24.3 Å². The van der Waals surface area contributed by atoms with Crippen molar-refractivity contribution in [3.63, 3.8) is 0 Å². The van der Waals surface area contributed by atoms with E-state index in [-0.39, 0.29) is 17.4 Å². The van der Waals surface area contributed by atoms with Crippen LogP contribution in [0, 0.1) is 12.8 Å². The van der Waals surface area contributed by atoms with Gasteiger partial charge in [-0.3, -0.25) is 4.79 Å². The zero-order valence-corrected chi connectivity index (χ0v) is 13.7. The number of hydrogen-bond donors (Lipinski definition) is 1. The molecular formula is C19H27NO2. The topological polar surface area (TPSA) is 40.5 Å². The van der Waals surface area contributed by atoms with Crippen LogP contribution >= 0.6 is 0 Å². The maximum Gasteiger partial charge on any atom is 0.233 e. The van der Waals surface area contributed by atoms with Crippen molar-refractivity contribution in [3.8, 4) is 0 Å². The minimum atomic E-state index is -0.323. The normalized spacial score (nSPS) is 25.4. The molecule has 3 rings (SSSR count). The first kappa shape index (κ1) is 15.5. The molecule has 3 heteroatoms. The van der Waals surface area contributed by atoms with Gasteiger partial charge in [0.05, 0.1) is 11.5 Å². The monoisotopic (exact) mass is 301 g/mol. The molecule has 1 saturated heterocycles. The number of aliphatic hydroxyl groups excluding tert-OH is 1. The lowest BCUT2D eigenvalue weighted by molar-refractivity contribution is -0.136. The number of likely N-dealkylation sites (tertiary alicyclic amines) is 1. The molecule has 1 aromatic carbocycles. The summed E-state index contributed by atoms with van der Waals surface area (Å²) in [4.78, 5) is 15.3. The lowest BCUT2D eigenvalue weighted by Gasteiger charge is -2.33. The summed E-state index contributed by atoms with van der Waals surface area (Å²) in [6, 6.07) is 8.47. The molecule has 0 radical (unpaired) electrons. The molecule has 1 N–H and O–H groups in total. The number of carbonyl (C=O) groups is 1. The van der Waals surface area contributed by atoms with Gasteiger partial charge in [-0.15, -0.1) is 0 Å². The van der Waals surface area contributed by atoms with Crippen molar-refractivity contribution in [3.05, 3.63) is 35.4 Å². The predicted octanol–water partition coefficient (Wildman–Crippen LogP) is 3.04. The van der Waals surface area contributed by atoms with Crippen LogP contribution in [0.2, 0.25) is 0 Å². The molecular weight excluding hydrogens is 274 g/mol. The molecule has 1 aliphatic carbocycles. The minimum absolute atomic E-state index is 0.236. The summed E-state index contributed by atoms with van der Waals surface area (Å²) in [6.07, 6.45) is 4.79. The average Bonchev–Trinajstić information content (AvgIpc) is 3.17. The Kier molecular flexibility index (Phi) is 4.26. The molecule has 1 aromatic rings. The Morgan fingerprint density at radius 1 is 1.36 bits per heavy atom. The molecule has 0 bridgehead atoms. The van der Waals surface area contributed by atoms with Crippen LogP contribution in [0.4, 0.5) is 0 Å². The summed E-state index contributed by atoms with van der Waals surface area (Å²) < 4.78 is 0. The van der Waals surface area contributed by atoms with Gasteiger partial charge in [0.1, 0.15) is 0 Å². The smallest absolute Gasteiger partial charge is 0.233 e. The van der Waals surface area contributed by atoms with Gasteiger partial charge in [0.25, 0.3) is 0 Å². The molecule has 1 amide bonds. The lowest BCUT2D eigenvalue weighted by Crippen LogP contribution is -2.44. The maximum absolute atomic E-state index is 13.3. The van der Waals surface area contributed by atoms with E-state index in [1.54, 1.807) is 0 Å². The summed E-state index contributed by atoms with van der Waals surface area (Å²) >= 11 is 0. The second kappa shape index (κ2) is 6.04. The molecule has 1 aliphatic heterocycles. The number of rotatable bonds is 3. The molecule has 22 heavy (non-hydrogen) atoms. The second-order valence-electron chi connectivity index (χ2n) is 7.20. The first-order chi connectivity index (χ1) is 10.5. The predicted molar refractivity (Wildman–Crippen MR) is 87.7 cm³/mol. The Balaban J connectivity index is 1.87. The molecule has 0 spiro atoms. The number of carbonyl (C=O) groups excluding carboxylic acids is 1. The fraction of sp³-hybridized carbons (Fsp3) is 0.632. The van der Waals surface area contributed by atoms with Crippen LogP contribution in [0.3, 0.4) is 0 Å². The van der Waals surface area contributed by atoms with Crippen LogP contribution in [0.25, 0.3) is 0 Å². The number of benzene rings is 1. The molecule has 2 aliphatic rings. The number of aliphatic hydroxyl groups is 1. The summed E-state index contributed by atoms with van der Waals surface area (Å²) in [5.41, 5.74) is 2.09. The van der Waals surface area contributed by atoms with Crippen molar-refractivity contribution in [1.82, 2.24) is 4.90 Å². The molecule has 2 atom stereocenters. The minimum Gasteiger partial charge on any atom is -0.393 e. The highest BCUT2D eigenvalue weighted by atomic mass is 16.3. The van der Waals surface area contributed by atoms with E-state index >= 15 is 0 Å². The van der Waals surface area contributed by atoms with E-state index in [1.807, 2.05) is 11.8 Å². The third kappa shape index (κ3) is 2.67. The van der Waals surface area contributed by atoms with Gasteiger partial charge < -0.3 is 10.0 Å². The quantitative estimate of drug-likeness (QED) is 0.932. The highest BCUT2D eigenvalue weighted by molar-refractivity contribution is 5.89. The van der Waals surface area contributed by atoms with E-state index in [0.717, 1.165) is 38.6 Å². The summed E-state index contributed by atoms with van der Waals surface area (Å²) in [7, 11) is 0. The van der Waals surface area contributed by atoms with Gasteiger partial charge in [-0.2, -0.15) is 0 Å². The van der Waals surface area contributed by atoms with Gasteiger partial charge in [0.15, 0.2) is 0 Å². The molecule has 1 heterocycles. The molecule has 0 aromatic heterocycles.